The largest absolute Gasteiger partial charge is 0.463 e. The lowest BCUT2D eigenvalue weighted by molar-refractivity contribution is -0.137. The molecule has 0 N–H and O–H groups in total. The van der Waals surface area contributed by atoms with E-state index in [4.69, 9.17) is 4.74 Å². The van der Waals surface area contributed by atoms with Crippen molar-refractivity contribution < 1.29 is 9.53 Å². The fraction of sp³-hybridized carbons (Fsp3) is 0.400. The summed E-state index contributed by atoms with van der Waals surface area (Å²) < 4.78 is 4.86. The lowest BCUT2D eigenvalue weighted by Gasteiger charge is -2.02. The van der Waals surface area contributed by atoms with Crippen molar-refractivity contribution in [2.45, 2.75) is 32.5 Å². The maximum Gasteiger partial charge on any atom is 0.330 e. The molecule has 3 atom stereocenters. The molecule has 1 aromatic carbocycles. The third-order valence-corrected chi connectivity index (χ3v) is 3.23. The van der Waals surface area contributed by atoms with Crippen LogP contribution in [0.4, 0.5) is 0 Å². The van der Waals surface area contributed by atoms with Crippen LogP contribution in [0, 0.1) is 0 Å². The van der Waals surface area contributed by atoms with Crippen LogP contribution in [-0.2, 0) is 16.1 Å². The number of hydrogen-bond acceptors (Lipinski definition) is 3. The van der Waals surface area contributed by atoms with Crippen molar-refractivity contribution in [2.75, 3.05) is 6.61 Å². The number of rotatable bonds is 5. The summed E-state index contributed by atoms with van der Waals surface area (Å²) in [7, 11) is 0. The number of esters is 1. The van der Waals surface area contributed by atoms with Crippen LogP contribution in [0.25, 0.3) is 0 Å². The molecule has 18 heavy (non-hydrogen) atoms. The molecule has 3 heteroatoms. The van der Waals surface area contributed by atoms with Crippen LogP contribution in [0.1, 0.15) is 19.4 Å². The molecule has 0 radical (unpaired) electrons. The highest BCUT2D eigenvalue weighted by atomic mass is 16.5. The highest BCUT2D eigenvalue weighted by Crippen LogP contribution is 2.31. The topological polar surface area (TPSA) is 29.3 Å². The van der Waals surface area contributed by atoms with Crippen molar-refractivity contribution in [3.05, 3.63) is 48.0 Å². The molecule has 1 aliphatic heterocycles. The van der Waals surface area contributed by atoms with E-state index in [1.54, 1.807) is 0 Å². The first-order valence-electron chi connectivity index (χ1n) is 6.37. The molecule has 0 bridgehead atoms. The molecule has 0 saturated carbocycles. The highest BCUT2D eigenvalue weighted by Gasteiger charge is 2.41. The minimum absolute atomic E-state index is 0.253. The first-order chi connectivity index (χ1) is 8.72. The van der Waals surface area contributed by atoms with Crippen LogP contribution in [0.3, 0.4) is 0 Å². The number of carbonyl (C=O) groups excluding carboxylic acids is 1. The van der Waals surface area contributed by atoms with Crippen LogP contribution >= 0.6 is 0 Å². The molecule has 1 fully saturated rings. The molecular formula is C15H19NO2. The number of ether oxygens (including phenoxy) is 1. The van der Waals surface area contributed by atoms with Gasteiger partial charge in [0.05, 0.1) is 6.61 Å². The van der Waals surface area contributed by atoms with Crippen LogP contribution in [0.2, 0.25) is 0 Å². The average molecular weight is 245 g/mol. The fourth-order valence-electron chi connectivity index (χ4n) is 2.12. The second-order valence-corrected chi connectivity index (χ2v) is 4.50. The molecule has 1 heterocycles. The number of benzene rings is 1. The van der Waals surface area contributed by atoms with Crippen molar-refractivity contribution in [1.29, 1.82) is 0 Å². The Morgan fingerprint density at radius 1 is 1.39 bits per heavy atom. The Bertz CT molecular complexity index is 427. The molecule has 2 rings (SSSR count). The van der Waals surface area contributed by atoms with E-state index in [1.165, 1.54) is 11.6 Å². The minimum Gasteiger partial charge on any atom is -0.463 e. The van der Waals surface area contributed by atoms with Crippen LogP contribution < -0.4 is 0 Å². The van der Waals surface area contributed by atoms with Gasteiger partial charge < -0.3 is 4.74 Å². The van der Waals surface area contributed by atoms with Gasteiger partial charge in [-0.05, 0) is 19.4 Å². The van der Waals surface area contributed by atoms with E-state index in [2.05, 4.69) is 24.0 Å². The quantitative estimate of drug-likeness (QED) is 0.453. The van der Waals surface area contributed by atoms with Gasteiger partial charge in [0, 0.05) is 24.7 Å². The summed E-state index contributed by atoms with van der Waals surface area (Å²) >= 11 is 0. The third-order valence-electron chi connectivity index (χ3n) is 3.23. The zero-order chi connectivity index (χ0) is 13.0. The SMILES string of the molecule is CCOC(=O)/C=C\[C@H]1[C@@H](C)N1Cc1ccccc1. The van der Waals surface area contributed by atoms with Crippen LogP contribution in [0.5, 0.6) is 0 Å². The van der Waals surface area contributed by atoms with Crippen molar-refractivity contribution in [2.24, 2.45) is 0 Å². The van der Waals surface area contributed by atoms with E-state index >= 15 is 0 Å². The van der Waals surface area contributed by atoms with Crippen molar-refractivity contribution >= 4 is 5.97 Å². The summed E-state index contributed by atoms with van der Waals surface area (Å²) in [5.74, 6) is -0.253. The standard InChI is InChI=1S/C15H19NO2/c1-3-18-15(17)10-9-14-12(2)16(14)11-13-7-5-4-6-8-13/h4-10,12,14H,3,11H2,1-2H3/b10-9-/t12-,14+,16?/m1/s1. The molecule has 1 aliphatic rings. The molecule has 0 aromatic heterocycles. The number of hydrogen-bond donors (Lipinski definition) is 0. The van der Waals surface area contributed by atoms with Gasteiger partial charge >= 0.3 is 5.97 Å². The van der Waals surface area contributed by atoms with E-state index in [0.29, 0.717) is 18.7 Å². The number of nitrogens with zero attached hydrogens (tertiary/aromatic N) is 1. The van der Waals surface area contributed by atoms with Crippen molar-refractivity contribution in [3.63, 3.8) is 0 Å². The van der Waals surface area contributed by atoms with Gasteiger partial charge in [-0.25, -0.2) is 4.79 Å². The lowest BCUT2D eigenvalue weighted by Crippen LogP contribution is -2.02. The Hall–Kier alpha value is -1.61. The van der Waals surface area contributed by atoms with Gasteiger partial charge in [0.25, 0.3) is 0 Å². The molecule has 0 aliphatic carbocycles. The van der Waals surface area contributed by atoms with E-state index in [9.17, 15) is 4.79 Å². The van der Waals surface area contributed by atoms with E-state index < -0.39 is 0 Å². The fourth-order valence-corrected chi connectivity index (χ4v) is 2.12. The monoisotopic (exact) mass is 245 g/mol. The zero-order valence-corrected chi connectivity index (χ0v) is 10.9. The summed E-state index contributed by atoms with van der Waals surface area (Å²) in [6.07, 6.45) is 3.47. The van der Waals surface area contributed by atoms with Gasteiger partial charge in [-0.2, -0.15) is 0 Å². The molecule has 1 saturated heterocycles. The minimum atomic E-state index is -0.253. The Morgan fingerprint density at radius 2 is 2.11 bits per heavy atom. The maximum atomic E-state index is 11.2. The van der Waals surface area contributed by atoms with E-state index in [0.717, 1.165) is 6.54 Å². The highest BCUT2D eigenvalue weighted by molar-refractivity contribution is 5.82. The Balaban J connectivity index is 1.85. The zero-order valence-electron chi connectivity index (χ0n) is 10.9. The predicted molar refractivity (Wildman–Crippen MR) is 71.0 cm³/mol. The maximum absolute atomic E-state index is 11.2. The van der Waals surface area contributed by atoms with Crippen LogP contribution in [0.15, 0.2) is 42.5 Å². The van der Waals surface area contributed by atoms with Crippen LogP contribution in [-0.4, -0.2) is 29.6 Å². The smallest absolute Gasteiger partial charge is 0.330 e. The summed E-state index contributed by atoms with van der Waals surface area (Å²) in [4.78, 5) is 13.6. The lowest BCUT2D eigenvalue weighted by atomic mass is 10.2. The molecule has 1 aromatic rings. The van der Waals surface area contributed by atoms with Crippen molar-refractivity contribution in [3.8, 4) is 0 Å². The summed E-state index contributed by atoms with van der Waals surface area (Å²) in [5, 5.41) is 0. The Morgan fingerprint density at radius 3 is 2.78 bits per heavy atom. The Labute approximate surface area is 108 Å². The van der Waals surface area contributed by atoms with Crippen molar-refractivity contribution in [1.82, 2.24) is 4.90 Å². The van der Waals surface area contributed by atoms with Gasteiger partial charge in [0.2, 0.25) is 0 Å². The van der Waals surface area contributed by atoms with Gasteiger partial charge in [0.15, 0.2) is 0 Å². The molecule has 3 nitrogen and oxygen atoms in total. The summed E-state index contributed by atoms with van der Waals surface area (Å²) in [6, 6.07) is 11.2. The normalized spacial score (nSPS) is 26.2. The van der Waals surface area contributed by atoms with E-state index in [1.807, 2.05) is 31.2 Å². The van der Waals surface area contributed by atoms with Gasteiger partial charge in [-0.3, -0.25) is 4.90 Å². The Kier molecular flexibility index (Phi) is 4.15. The second kappa shape index (κ2) is 5.83. The molecular weight excluding hydrogens is 226 g/mol. The first kappa shape index (κ1) is 12.8. The average Bonchev–Trinajstić information content (AvgIpc) is 2.98. The predicted octanol–water partition coefficient (Wildman–Crippen LogP) is 2.38. The van der Waals surface area contributed by atoms with Gasteiger partial charge in [0.1, 0.15) is 0 Å². The number of carbonyl (C=O) groups is 1. The van der Waals surface area contributed by atoms with Gasteiger partial charge in [-0.1, -0.05) is 36.4 Å². The molecule has 0 amide bonds. The summed E-state index contributed by atoms with van der Waals surface area (Å²) in [5.41, 5.74) is 1.30. The summed E-state index contributed by atoms with van der Waals surface area (Å²) in [6.45, 7) is 5.34. The second-order valence-electron chi connectivity index (χ2n) is 4.50. The first-order valence-corrected chi connectivity index (χ1v) is 6.37. The molecule has 0 spiro atoms. The third kappa shape index (κ3) is 3.20. The van der Waals surface area contributed by atoms with E-state index in [-0.39, 0.29) is 5.97 Å². The van der Waals surface area contributed by atoms with Gasteiger partial charge in [-0.15, -0.1) is 0 Å². The molecule has 96 valence electrons. The molecule has 1 unspecified atom stereocenters.